The number of nitrogens with zero attached hydrogens (tertiary/aromatic N) is 5. The zero-order valence-electron chi connectivity index (χ0n) is 15.0. The second kappa shape index (κ2) is 8.85. The monoisotopic (exact) mass is 409 g/mol. The summed E-state index contributed by atoms with van der Waals surface area (Å²) in [6.45, 7) is 4.20. The molecule has 29 heavy (non-hydrogen) atoms. The molecule has 0 aliphatic heterocycles. The van der Waals surface area contributed by atoms with Gasteiger partial charge in [-0.2, -0.15) is 5.10 Å². The van der Waals surface area contributed by atoms with E-state index in [1.54, 1.807) is 30.3 Å². The summed E-state index contributed by atoms with van der Waals surface area (Å²) < 4.78 is 1.85. The van der Waals surface area contributed by atoms with Crippen molar-refractivity contribution in [3.05, 3.63) is 97.2 Å². The standard InChI is InChI=1S/C19H15N5O4S/c1-2-10-22-18(15-4-3-5-17(11-15)24(27)28)13-29-19(22)21-20-12-14-6-8-16(9-7-14)23(25)26/h2-9,11-13H,1,10H2/b20-12-,21-19-. The van der Waals surface area contributed by atoms with Gasteiger partial charge in [-0.25, -0.2) is 0 Å². The number of hydrogen-bond donors (Lipinski definition) is 0. The van der Waals surface area contributed by atoms with Crippen LogP contribution in [0, 0.1) is 20.2 Å². The molecule has 0 N–H and O–H groups in total. The minimum absolute atomic E-state index is 0.00256. The number of nitro groups is 2. The molecule has 1 aromatic heterocycles. The molecule has 0 fully saturated rings. The molecular formula is C19H15N5O4S. The van der Waals surface area contributed by atoms with Gasteiger partial charge in [0.2, 0.25) is 4.80 Å². The van der Waals surface area contributed by atoms with Gasteiger partial charge >= 0.3 is 0 Å². The summed E-state index contributed by atoms with van der Waals surface area (Å²) in [6.07, 6.45) is 3.20. The second-order valence-corrected chi connectivity index (χ2v) is 6.64. The van der Waals surface area contributed by atoms with Crippen LogP contribution in [-0.2, 0) is 6.54 Å². The molecule has 0 unspecified atom stereocenters. The number of allylic oxidation sites excluding steroid dienone is 1. The van der Waals surface area contributed by atoms with Crippen LogP contribution in [0.3, 0.4) is 0 Å². The van der Waals surface area contributed by atoms with Crippen LogP contribution in [0.15, 0.2) is 76.8 Å². The van der Waals surface area contributed by atoms with E-state index >= 15 is 0 Å². The average molecular weight is 409 g/mol. The molecule has 0 amide bonds. The Balaban J connectivity index is 1.93. The molecule has 0 atom stereocenters. The van der Waals surface area contributed by atoms with Crippen molar-refractivity contribution >= 4 is 28.9 Å². The minimum atomic E-state index is -0.468. The number of benzene rings is 2. The van der Waals surface area contributed by atoms with E-state index in [0.29, 0.717) is 22.5 Å². The zero-order chi connectivity index (χ0) is 20.8. The fraction of sp³-hybridized carbons (Fsp3) is 0.0526. The van der Waals surface area contributed by atoms with Crippen LogP contribution in [0.5, 0.6) is 0 Å². The Bertz CT molecular complexity index is 1160. The Morgan fingerprint density at radius 3 is 2.45 bits per heavy atom. The molecule has 0 spiro atoms. The van der Waals surface area contributed by atoms with Gasteiger partial charge in [-0.15, -0.1) is 23.0 Å². The number of hydrogen-bond acceptors (Lipinski definition) is 7. The quantitative estimate of drug-likeness (QED) is 0.252. The molecule has 0 radical (unpaired) electrons. The molecule has 0 aliphatic rings. The summed E-state index contributed by atoms with van der Waals surface area (Å²) in [7, 11) is 0. The highest BCUT2D eigenvalue weighted by molar-refractivity contribution is 7.07. The van der Waals surface area contributed by atoms with Crippen molar-refractivity contribution in [2.45, 2.75) is 6.54 Å². The number of aromatic nitrogens is 1. The molecular weight excluding hydrogens is 394 g/mol. The van der Waals surface area contributed by atoms with Crippen molar-refractivity contribution in [1.29, 1.82) is 0 Å². The van der Waals surface area contributed by atoms with Gasteiger partial charge in [0.1, 0.15) is 0 Å². The molecule has 146 valence electrons. The first-order valence-corrected chi connectivity index (χ1v) is 9.23. The third kappa shape index (κ3) is 4.68. The van der Waals surface area contributed by atoms with Crippen molar-refractivity contribution in [2.24, 2.45) is 10.2 Å². The van der Waals surface area contributed by atoms with Crippen molar-refractivity contribution < 1.29 is 9.85 Å². The van der Waals surface area contributed by atoms with Crippen LogP contribution in [0.1, 0.15) is 5.56 Å². The van der Waals surface area contributed by atoms with Crippen LogP contribution >= 0.6 is 11.3 Å². The normalized spacial score (nSPS) is 11.7. The fourth-order valence-corrected chi connectivity index (χ4v) is 3.43. The van der Waals surface area contributed by atoms with E-state index in [4.69, 9.17) is 0 Å². The fourth-order valence-electron chi connectivity index (χ4n) is 2.55. The van der Waals surface area contributed by atoms with Crippen molar-refractivity contribution in [2.75, 3.05) is 0 Å². The third-order valence-corrected chi connectivity index (χ3v) is 4.77. The molecule has 0 bridgehead atoms. The SMILES string of the molecule is C=CCn1c(-c2cccc([N+](=O)[O-])c2)cs/c1=N\N=C/c1ccc([N+](=O)[O-])cc1. The minimum Gasteiger partial charge on any atom is -0.311 e. The Hall–Kier alpha value is -3.92. The first kappa shape index (κ1) is 19.8. The highest BCUT2D eigenvalue weighted by atomic mass is 32.1. The van der Waals surface area contributed by atoms with E-state index in [0.717, 1.165) is 5.69 Å². The summed E-state index contributed by atoms with van der Waals surface area (Å²) in [4.78, 5) is 21.4. The lowest BCUT2D eigenvalue weighted by molar-refractivity contribution is -0.385. The Morgan fingerprint density at radius 1 is 1.07 bits per heavy atom. The third-order valence-electron chi connectivity index (χ3n) is 3.92. The van der Waals surface area contributed by atoms with Crippen LogP contribution in [0.4, 0.5) is 11.4 Å². The zero-order valence-corrected chi connectivity index (χ0v) is 15.9. The lowest BCUT2D eigenvalue weighted by Gasteiger charge is -2.06. The van der Waals surface area contributed by atoms with Gasteiger partial charge in [-0.3, -0.25) is 20.2 Å². The molecule has 0 saturated heterocycles. The average Bonchev–Trinajstić information content (AvgIpc) is 3.11. The molecule has 3 rings (SSSR count). The van der Waals surface area contributed by atoms with Gasteiger partial charge in [-0.1, -0.05) is 18.2 Å². The number of rotatable bonds is 7. The van der Waals surface area contributed by atoms with Gasteiger partial charge in [0.15, 0.2) is 0 Å². The number of nitro benzene ring substituents is 2. The first-order valence-electron chi connectivity index (χ1n) is 8.35. The maximum atomic E-state index is 11.0. The molecule has 3 aromatic rings. The topological polar surface area (TPSA) is 116 Å². The lowest BCUT2D eigenvalue weighted by Crippen LogP contribution is -2.14. The van der Waals surface area contributed by atoms with E-state index in [-0.39, 0.29) is 11.4 Å². The Kier molecular flexibility index (Phi) is 6.05. The molecule has 10 heteroatoms. The van der Waals surface area contributed by atoms with Crippen LogP contribution in [0.25, 0.3) is 11.3 Å². The number of thiazole rings is 1. The Labute approximate surface area is 168 Å². The summed E-state index contributed by atoms with van der Waals surface area (Å²) in [5.41, 5.74) is 2.14. The van der Waals surface area contributed by atoms with Crippen molar-refractivity contribution in [1.82, 2.24) is 4.57 Å². The molecule has 0 saturated carbocycles. The smallest absolute Gasteiger partial charge is 0.270 e. The highest BCUT2D eigenvalue weighted by Crippen LogP contribution is 2.24. The van der Waals surface area contributed by atoms with E-state index in [2.05, 4.69) is 16.8 Å². The maximum Gasteiger partial charge on any atom is 0.270 e. The summed E-state index contributed by atoms with van der Waals surface area (Å²) in [5.74, 6) is 0. The summed E-state index contributed by atoms with van der Waals surface area (Å²) in [5, 5.41) is 31.9. The lowest BCUT2D eigenvalue weighted by atomic mass is 10.1. The van der Waals surface area contributed by atoms with E-state index < -0.39 is 9.85 Å². The van der Waals surface area contributed by atoms with Crippen molar-refractivity contribution in [3.8, 4) is 11.3 Å². The van der Waals surface area contributed by atoms with E-state index in [9.17, 15) is 20.2 Å². The summed E-state index contributed by atoms with van der Waals surface area (Å²) >= 11 is 1.34. The highest BCUT2D eigenvalue weighted by Gasteiger charge is 2.11. The largest absolute Gasteiger partial charge is 0.311 e. The van der Waals surface area contributed by atoms with Crippen LogP contribution < -0.4 is 4.80 Å². The van der Waals surface area contributed by atoms with Crippen molar-refractivity contribution in [3.63, 3.8) is 0 Å². The second-order valence-electron chi connectivity index (χ2n) is 5.80. The van der Waals surface area contributed by atoms with Crippen LogP contribution in [0.2, 0.25) is 0 Å². The molecule has 2 aromatic carbocycles. The molecule has 9 nitrogen and oxygen atoms in total. The van der Waals surface area contributed by atoms with Crippen LogP contribution in [-0.4, -0.2) is 20.6 Å². The predicted octanol–water partition coefficient (Wildman–Crippen LogP) is 4.15. The van der Waals surface area contributed by atoms with Gasteiger partial charge in [-0.05, 0) is 17.7 Å². The van der Waals surface area contributed by atoms with E-state index in [1.807, 2.05) is 9.95 Å². The maximum absolute atomic E-state index is 11.0. The first-order chi connectivity index (χ1) is 14.0. The predicted molar refractivity (Wildman–Crippen MR) is 111 cm³/mol. The van der Waals surface area contributed by atoms with Gasteiger partial charge in [0, 0.05) is 41.8 Å². The van der Waals surface area contributed by atoms with Gasteiger partial charge in [0.05, 0.1) is 21.8 Å². The Morgan fingerprint density at radius 2 is 1.79 bits per heavy atom. The molecule has 0 aliphatic carbocycles. The molecule has 1 heterocycles. The van der Waals surface area contributed by atoms with E-state index in [1.165, 1.54) is 41.8 Å². The summed E-state index contributed by atoms with van der Waals surface area (Å²) in [6, 6.07) is 12.3. The van der Waals surface area contributed by atoms with Gasteiger partial charge < -0.3 is 4.57 Å². The number of non-ortho nitro benzene ring substituents is 2. The van der Waals surface area contributed by atoms with Gasteiger partial charge in [0.25, 0.3) is 11.4 Å².